The van der Waals surface area contributed by atoms with Crippen molar-refractivity contribution in [3.8, 4) is 5.75 Å². The first-order valence-corrected chi connectivity index (χ1v) is 14.2. The van der Waals surface area contributed by atoms with E-state index in [1.165, 1.54) is 22.3 Å². The van der Waals surface area contributed by atoms with Gasteiger partial charge in [-0.3, -0.25) is 15.3 Å². The molecule has 2 aromatic heterocycles. The Morgan fingerprint density at radius 3 is 2.92 bits per heavy atom. The maximum absolute atomic E-state index is 14.2. The summed E-state index contributed by atoms with van der Waals surface area (Å²) in [4.78, 5) is 15.8. The highest BCUT2D eigenvalue weighted by molar-refractivity contribution is 5.78. The summed E-state index contributed by atoms with van der Waals surface area (Å²) in [5.74, 6) is 0.969. The monoisotopic (exact) mass is 526 g/mol. The number of hydrazine groups is 1. The predicted octanol–water partition coefficient (Wildman–Crippen LogP) is 5.02. The van der Waals surface area contributed by atoms with Crippen molar-refractivity contribution >= 4 is 10.9 Å². The van der Waals surface area contributed by atoms with E-state index in [2.05, 4.69) is 56.9 Å². The van der Waals surface area contributed by atoms with Crippen molar-refractivity contribution in [1.29, 1.82) is 0 Å². The van der Waals surface area contributed by atoms with Gasteiger partial charge in [0.05, 0.1) is 22.9 Å². The Morgan fingerprint density at radius 1 is 1.13 bits per heavy atom. The van der Waals surface area contributed by atoms with Gasteiger partial charge in [0.25, 0.3) is 0 Å². The first-order valence-electron chi connectivity index (χ1n) is 14.2. The number of nitrogens with zero attached hydrogens (tertiary/aromatic N) is 3. The molecule has 1 saturated carbocycles. The molecule has 4 atom stereocenters. The van der Waals surface area contributed by atoms with Crippen molar-refractivity contribution in [3.63, 3.8) is 0 Å². The van der Waals surface area contributed by atoms with Crippen LogP contribution in [-0.4, -0.2) is 37.5 Å². The quantitative estimate of drug-likeness (QED) is 0.292. The Bertz CT molecular complexity index is 1520. The fraction of sp³-hybridized carbons (Fsp3) is 0.419. The van der Waals surface area contributed by atoms with Crippen molar-refractivity contribution < 1.29 is 9.50 Å². The Kier molecular flexibility index (Phi) is 6.34. The van der Waals surface area contributed by atoms with Crippen molar-refractivity contribution in [2.24, 2.45) is 5.92 Å². The minimum atomic E-state index is -0.521. The first-order chi connectivity index (χ1) is 19.1. The van der Waals surface area contributed by atoms with E-state index in [9.17, 15) is 9.50 Å². The van der Waals surface area contributed by atoms with Gasteiger partial charge in [0.15, 0.2) is 11.6 Å². The third kappa shape index (κ3) is 4.60. The minimum Gasteiger partial charge on any atom is -0.505 e. The Balaban J connectivity index is 1.03. The second-order valence-electron chi connectivity index (χ2n) is 11.4. The van der Waals surface area contributed by atoms with Crippen LogP contribution in [0.3, 0.4) is 0 Å². The second kappa shape index (κ2) is 10.0. The van der Waals surface area contributed by atoms with Crippen LogP contribution in [0, 0.1) is 11.7 Å². The average molecular weight is 527 g/mol. The fourth-order valence-corrected chi connectivity index (χ4v) is 7.04. The molecule has 8 heteroatoms. The van der Waals surface area contributed by atoms with Crippen molar-refractivity contribution in [3.05, 3.63) is 88.4 Å². The Labute approximate surface area is 227 Å². The molecule has 7 nitrogen and oxygen atoms in total. The van der Waals surface area contributed by atoms with Crippen LogP contribution in [0.25, 0.3) is 10.9 Å². The Hall–Kier alpha value is -3.33. The number of benzene rings is 2. The van der Waals surface area contributed by atoms with E-state index >= 15 is 0 Å². The van der Waals surface area contributed by atoms with E-state index in [0.717, 1.165) is 74.2 Å². The molecule has 3 aliphatic rings. The molecule has 2 aromatic carbocycles. The maximum Gasteiger partial charge on any atom is 0.165 e. The predicted molar refractivity (Wildman–Crippen MR) is 148 cm³/mol. The molecule has 1 saturated heterocycles. The summed E-state index contributed by atoms with van der Waals surface area (Å²) >= 11 is 0. The molecule has 0 amide bonds. The summed E-state index contributed by atoms with van der Waals surface area (Å²) in [6.07, 6.45) is 6.71. The third-order valence-corrected chi connectivity index (χ3v) is 9.06. The SMILES string of the molecule is CCc1cc(O)c(F)cc1C1CCC2C(C1)NNC2c1nc2c([nH]1)CN(Cc1cnc3ccccc3c1)CC2. The number of aryl methyl sites for hydroxylation is 1. The van der Waals surface area contributed by atoms with E-state index < -0.39 is 5.82 Å². The van der Waals surface area contributed by atoms with E-state index in [1.807, 2.05) is 12.3 Å². The van der Waals surface area contributed by atoms with Gasteiger partial charge in [0.1, 0.15) is 5.82 Å². The summed E-state index contributed by atoms with van der Waals surface area (Å²) in [6, 6.07) is 14.1. The molecular weight excluding hydrogens is 491 g/mol. The number of rotatable bonds is 5. The molecule has 39 heavy (non-hydrogen) atoms. The largest absolute Gasteiger partial charge is 0.505 e. The van der Waals surface area contributed by atoms with Crippen molar-refractivity contribution in [2.45, 2.75) is 70.1 Å². The summed E-state index contributed by atoms with van der Waals surface area (Å²) in [5, 5.41) is 11.0. The number of fused-ring (bicyclic) bond motifs is 3. The van der Waals surface area contributed by atoms with Gasteiger partial charge in [0.2, 0.25) is 0 Å². The van der Waals surface area contributed by atoms with Crippen LogP contribution >= 0.6 is 0 Å². The van der Waals surface area contributed by atoms with E-state index in [4.69, 9.17) is 4.98 Å². The molecule has 7 rings (SSSR count). The number of halogens is 1. The molecule has 2 aliphatic heterocycles. The van der Waals surface area contributed by atoms with Crippen LogP contribution in [0.5, 0.6) is 5.75 Å². The lowest BCUT2D eigenvalue weighted by Crippen LogP contribution is -2.35. The molecule has 2 fully saturated rings. The number of phenols is 1. The highest BCUT2D eigenvalue weighted by atomic mass is 19.1. The number of nitrogens with one attached hydrogen (secondary N) is 3. The lowest BCUT2D eigenvalue weighted by Gasteiger charge is -2.33. The lowest BCUT2D eigenvalue weighted by atomic mass is 9.73. The molecule has 4 heterocycles. The number of para-hydroxylation sites is 1. The van der Waals surface area contributed by atoms with E-state index in [0.29, 0.717) is 12.0 Å². The number of aromatic amines is 1. The fourth-order valence-electron chi connectivity index (χ4n) is 7.04. The van der Waals surface area contributed by atoms with Gasteiger partial charge in [-0.1, -0.05) is 25.1 Å². The summed E-state index contributed by atoms with van der Waals surface area (Å²) in [5.41, 5.74) is 13.8. The van der Waals surface area contributed by atoms with E-state index in [1.54, 1.807) is 12.1 Å². The molecular formula is C31H35FN6O. The van der Waals surface area contributed by atoms with Crippen LogP contribution < -0.4 is 10.9 Å². The van der Waals surface area contributed by atoms with Gasteiger partial charge in [0, 0.05) is 43.7 Å². The van der Waals surface area contributed by atoms with Gasteiger partial charge in [-0.25, -0.2) is 14.8 Å². The first kappa shape index (κ1) is 24.7. The van der Waals surface area contributed by atoms with E-state index in [-0.39, 0.29) is 17.7 Å². The lowest BCUT2D eigenvalue weighted by molar-refractivity contribution is 0.241. The van der Waals surface area contributed by atoms with Crippen molar-refractivity contribution in [1.82, 2.24) is 30.7 Å². The topological polar surface area (TPSA) is 89.1 Å². The second-order valence-corrected chi connectivity index (χ2v) is 11.4. The number of imidazole rings is 1. The van der Waals surface area contributed by atoms with Crippen LogP contribution in [0.1, 0.15) is 72.0 Å². The normalized spacial score (nSPS) is 25.1. The van der Waals surface area contributed by atoms with Crippen LogP contribution in [0.4, 0.5) is 4.39 Å². The highest BCUT2D eigenvalue weighted by Crippen LogP contribution is 2.44. The number of hydrogen-bond acceptors (Lipinski definition) is 6. The van der Waals surface area contributed by atoms with Crippen LogP contribution in [-0.2, 0) is 25.9 Å². The van der Waals surface area contributed by atoms with Gasteiger partial charge in [-0.15, -0.1) is 0 Å². The maximum atomic E-state index is 14.2. The standard InChI is InChI=1S/C31H35FN6O/c1-2-19-13-29(39)24(32)14-23(19)20-7-8-22-27(12-20)36-37-30(22)31-34-26-9-10-38(17-28(26)35-31)16-18-11-21-5-3-4-6-25(21)33-15-18/h3-6,11,13-15,20,22,27,30,36-37,39H,2,7-10,12,16-17H2,1H3,(H,34,35). The Morgan fingerprint density at radius 2 is 2.03 bits per heavy atom. The number of aromatic hydroxyl groups is 1. The molecule has 0 bridgehead atoms. The van der Waals surface area contributed by atoms with Gasteiger partial charge >= 0.3 is 0 Å². The van der Waals surface area contributed by atoms with Gasteiger partial charge in [-0.05, 0) is 78.5 Å². The molecule has 0 radical (unpaired) electrons. The van der Waals surface area contributed by atoms with Gasteiger partial charge in [-0.2, -0.15) is 0 Å². The number of H-pyrrole nitrogens is 1. The minimum absolute atomic E-state index is 0.141. The molecule has 0 spiro atoms. The zero-order valence-electron chi connectivity index (χ0n) is 22.3. The molecule has 202 valence electrons. The molecule has 4 unspecified atom stereocenters. The number of pyridine rings is 1. The van der Waals surface area contributed by atoms with Crippen molar-refractivity contribution in [2.75, 3.05) is 6.54 Å². The summed E-state index contributed by atoms with van der Waals surface area (Å²) in [6.45, 7) is 4.78. The zero-order chi connectivity index (χ0) is 26.5. The smallest absolute Gasteiger partial charge is 0.165 e. The molecule has 4 N–H and O–H groups in total. The van der Waals surface area contributed by atoms with Crippen LogP contribution in [0.15, 0.2) is 48.7 Å². The number of hydrogen-bond donors (Lipinski definition) is 4. The molecule has 4 aromatic rings. The molecule has 1 aliphatic carbocycles. The van der Waals surface area contributed by atoms with Crippen LogP contribution in [0.2, 0.25) is 0 Å². The summed E-state index contributed by atoms with van der Waals surface area (Å²) < 4.78 is 14.2. The zero-order valence-corrected chi connectivity index (χ0v) is 22.3. The summed E-state index contributed by atoms with van der Waals surface area (Å²) in [7, 11) is 0. The highest BCUT2D eigenvalue weighted by Gasteiger charge is 2.43. The average Bonchev–Trinajstić information content (AvgIpc) is 3.57. The number of phenolic OH excluding ortho intramolecular Hbond substituents is 1. The number of aromatic nitrogens is 3. The van der Waals surface area contributed by atoms with Gasteiger partial charge < -0.3 is 10.1 Å². The third-order valence-electron chi connectivity index (χ3n) is 9.06.